The van der Waals surface area contributed by atoms with Gasteiger partial charge in [-0.05, 0) is 48.7 Å². The molecular weight excluding hydrogens is 464 g/mol. The van der Waals surface area contributed by atoms with E-state index in [0.29, 0.717) is 43.6 Å². The number of ether oxygens (including phenoxy) is 1. The van der Waals surface area contributed by atoms with Gasteiger partial charge in [0, 0.05) is 37.7 Å². The number of sulfonamides is 1. The molecule has 178 valence electrons. The summed E-state index contributed by atoms with van der Waals surface area (Å²) in [4.78, 5) is 14.9. The van der Waals surface area contributed by atoms with E-state index in [4.69, 9.17) is 16.3 Å². The summed E-state index contributed by atoms with van der Waals surface area (Å²) in [7, 11) is -3.63. The van der Waals surface area contributed by atoms with Crippen molar-refractivity contribution in [3.63, 3.8) is 0 Å². The Morgan fingerprint density at radius 3 is 2.39 bits per heavy atom. The number of hydrogen-bond acceptors (Lipinski definition) is 6. The average molecular weight is 493 g/mol. The second-order valence-corrected chi connectivity index (χ2v) is 10.5. The van der Waals surface area contributed by atoms with Crippen LogP contribution in [0, 0.1) is 0 Å². The zero-order chi connectivity index (χ0) is 23.3. The first-order chi connectivity index (χ1) is 15.9. The molecule has 0 aromatic heterocycles. The van der Waals surface area contributed by atoms with Gasteiger partial charge in [-0.2, -0.15) is 4.31 Å². The van der Waals surface area contributed by atoms with Gasteiger partial charge in [-0.1, -0.05) is 23.7 Å². The van der Waals surface area contributed by atoms with Gasteiger partial charge in [0.1, 0.15) is 0 Å². The molecule has 0 unspecified atom stereocenters. The molecule has 0 aliphatic carbocycles. The van der Waals surface area contributed by atoms with E-state index in [1.54, 1.807) is 24.3 Å². The number of anilines is 2. The zero-order valence-electron chi connectivity index (χ0n) is 18.4. The molecule has 0 atom stereocenters. The van der Waals surface area contributed by atoms with E-state index in [2.05, 4.69) is 15.5 Å². The molecule has 2 aromatic carbocycles. The van der Waals surface area contributed by atoms with Crippen molar-refractivity contribution < 1.29 is 17.9 Å². The number of rotatable bonds is 8. The molecule has 10 heteroatoms. The Hall–Kier alpha value is -2.33. The highest BCUT2D eigenvalue weighted by molar-refractivity contribution is 7.89. The molecule has 4 rings (SSSR count). The quantitative estimate of drug-likeness (QED) is 0.588. The number of nitrogens with zero attached hydrogens (tertiary/aromatic N) is 2. The lowest BCUT2D eigenvalue weighted by molar-refractivity contribution is -0.119. The summed E-state index contributed by atoms with van der Waals surface area (Å²) < 4.78 is 33.0. The van der Waals surface area contributed by atoms with Crippen LogP contribution in [0.4, 0.5) is 11.4 Å². The number of halogens is 1. The Labute approximate surface area is 199 Å². The second kappa shape index (κ2) is 10.7. The first kappa shape index (κ1) is 23.8. The summed E-state index contributed by atoms with van der Waals surface area (Å²) in [6, 6.07) is 12.4. The fourth-order valence-corrected chi connectivity index (χ4v) is 5.59. The summed E-state index contributed by atoms with van der Waals surface area (Å²) in [5.74, 6) is -0.182. The van der Waals surface area contributed by atoms with Gasteiger partial charge in [0.05, 0.1) is 36.0 Å². The molecule has 1 amide bonds. The summed E-state index contributed by atoms with van der Waals surface area (Å²) in [6.07, 6.45) is 2.18. The maximum atomic E-state index is 13.1. The summed E-state index contributed by atoms with van der Waals surface area (Å²) >= 11 is 5.90. The van der Waals surface area contributed by atoms with Crippen LogP contribution in [-0.2, 0) is 26.1 Å². The van der Waals surface area contributed by atoms with Gasteiger partial charge in [0.2, 0.25) is 15.9 Å². The van der Waals surface area contributed by atoms with Crippen molar-refractivity contribution in [2.45, 2.75) is 24.3 Å². The number of nitrogens with one attached hydrogen (secondary N) is 2. The van der Waals surface area contributed by atoms with E-state index < -0.39 is 10.0 Å². The third-order valence-corrected chi connectivity index (χ3v) is 8.01. The highest BCUT2D eigenvalue weighted by Crippen LogP contribution is 2.32. The van der Waals surface area contributed by atoms with Gasteiger partial charge < -0.3 is 20.3 Å². The topological polar surface area (TPSA) is 91.0 Å². The monoisotopic (exact) mass is 492 g/mol. The summed E-state index contributed by atoms with van der Waals surface area (Å²) in [5, 5.41) is 6.69. The zero-order valence-corrected chi connectivity index (χ0v) is 20.0. The van der Waals surface area contributed by atoms with Crippen LogP contribution in [-0.4, -0.2) is 64.6 Å². The predicted molar refractivity (Wildman–Crippen MR) is 129 cm³/mol. The van der Waals surface area contributed by atoms with Crippen LogP contribution in [0.3, 0.4) is 0 Å². The molecule has 0 radical (unpaired) electrons. The third kappa shape index (κ3) is 5.97. The van der Waals surface area contributed by atoms with Gasteiger partial charge in [0.15, 0.2) is 0 Å². The molecule has 2 aromatic rings. The fourth-order valence-electron chi connectivity index (χ4n) is 4.03. The lowest BCUT2D eigenvalue weighted by Gasteiger charge is -2.27. The number of morpholine rings is 1. The second-order valence-electron chi connectivity index (χ2n) is 8.15. The normalized spacial score (nSPS) is 17.2. The number of hydrogen-bond donors (Lipinski definition) is 2. The minimum absolute atomic E-state index is 0.0372. The first-order valence-electron chi connectivity index (χ1n) is 11.2. The Bertz CT molecular complexity index is 1070. The van der Waals surface area contributed by atoms with E-state index in [1.165, 1.54) is 4.31 Å². The fraction of sp³-hybridized carbons (Fsp3) is 0.435. The molecule has 0 bridgehead atoms. The van der Waals surface area contributed by atoms with Gasteiger partial charge in [-0.25, -0.2) is 8.42 Å². The minimum Gasteiger partial charge on any atom is -0.379 e. The molecule has 2 saturated heterocycles. The molecule has 2 heterocycles. The van der Waals surface area contributed by atoms with Crippen LogP contribution in [0.1, 0.15) is 18.4 Å². The molecule has 2 aliphatic rings. The van der Waals surface area contributed by atoms with Crippen LogP contribution in [0.2, 0.25) is 5.02 Å². The SMILES string of the molecule is O=C(CNc1cc(S(=O)(=O)N2CCOCC2)ccc1N1CCCC1)NCc1ccc(Cl)cc1. The maximum Gasteiger partial charge on any atom is 0.243 e. The van der Waals surface area contributed by atoms with Crippen molar-refractivity contribution in [1.82, 2.24) is 9.62 Å². The van der Waals surface area contributed by atoms with Gasteiger partial charge in [-0.15, -0.1) is 0 Å². The van der Waals surface area contributed by atoms with Crippen LogP contribution in [0.15, 0.2) is 47.4 Å². The standard InChI is InChI=1S/C23H29ClN4O4S/c24-19-5-3-18(4-6-19)16-26-23(29)17-25-21-15-20(7-8-22(21)27-9-1-2-10-27)33(30,31)28-11-13-32-14-12-28/h3-8,15,25H,1-2,9-14,16-17H2,(H,26,29). The molecule has 2 aliphatic heterocycles. The molecule has 2 N–H and O–H groups in total. The molecule has 2 fully saturated rings. The average Bonchev–Trinajstić information content (AvgIpc) is 3.37. The molecule has 8 nitrogen and oxygen atoms in total. The van der Waals surface area contributed by atoms with Crippen molar-refractivity contribution in [2.24, 2.45) is 0 Å². The van der Waals surface area contributed by atoms with Crippen molar-refractivity contribution in [1.29, 1.82) is 0 Å². The number of carbonyl (C=O) groups is 1. The van der Waals surface area contributed by atoms with Crippen LogP contribution < -0.4 is 15.5 Å². The molecule has 0 spiro atoms. The largest absolute Gasteiger partial charge is 0.379 e. The van der Waals surface area contributed by atoms with E-state index >= 15 is 0 Å². The smallest absolute Gasteiger partial charge is 0.243 e. The number of amides is 1. The highest BCUT2D eigenvalue weighted by Gasteiger charge is 2.28. The van der Waals surface area contributed by atoms with Crippen molar-refractivity contribution in [3.05, 3.63) is 53.1 Å². The minimum atomic E-state index is -3.63. The van der Waals surface area contributed by atoms with E-state index in [0.717, 1.165) is 37.2 Å². The maximum absolute atomic E-state index is 13.1. The van der Waals surface area contributed by atoms with Gasteiger partial charge >= 0.3 is 0 Å². The highest BCUT2D eigenvalue weighted by atomic mass is 35.5. The van der Waals surface area contributed by atoms with E-state index in [9.17, 15) is 13.2 Å². The Kier molecular flexibility index (Phi) is 7.75. The van der Waals surface area contributed by atoms with E-state index in [-0.39, 0.29) is 17.3 Å². The number of carbonyl (C=O) groups excluding carboxylic acids is 1. The Morgan fingerprint density at radius 1 is 1.00 bits per heavy atom. The molecule has 0 saturated carbocycles. The number of benzene rings is 2. The third-order valence-electron chi connectivity index (χ3n) is 5.86. The van der Waals surface area contributed by atoms with Crippen LogP contribution in [0.25, 0.3) is 0 Å². The van der Waals surface area contributed by atoms with Crippen molar-refractivity contribution in [3.8, 4) is 0 Å². The Morgan fingerprint density at radius 2 is 1.70 bits per heavy atom. The van der Waals surface area contributed by atoms with E-state index in [1.807, 2.05) is 18.2 Å². The van der Waals surface area contributed by atoms with Crippen molar-refractivity contribution in [2.75, 3.05) is 56.2 Å². The molecule has 33 heavy (non-hydrogen) atoms. The van der Waals surface area contributed by atoms with Crippen LogP contribution in [0.5, 0.6) is 0 Å². The predicted octanol–water partition coefficient (Wildman–Crippen LogP) is 2.69. The summed E-state index contributed by atoms with van der Waals surface area (Å²) in [5.41, 5.74) is 2.51. The first-order valence-corrected chi connectivity index (χ1v) is 13.0. The lowest BCUT2D eigenvalue weighted by Crippen LogP contribution is -2.40. The lowest BCUT2D eigenvalue weighted by atomic mass is 10.2. The van der Waals surface area contributed by atoms with Gasteiger partial charge in [-0.3, -0.25) is 4.79 Å². The van der Waals surface area contributed by atoms with Crippen LogP contribution >= 0.6 is 11.6 Å². The Balaban J connectivity index is 1.47. The molecular formula is C23H29ClN4O4S. The van der Waals surface area contributed by atoms with Gasteiger partial charge in [0.25, 0.3) is 0 Å². The summed E-state index contributed by atoms with van der Waals surface area (Å²) in [6.45, 7) is 3.71. The van der Waals surface area contributed by atoms with Crippen molar-refractivity contribution >= 4 is 38.9 Å².